The Balaban J connectivity index is 1.99. The molecular formula is C16H25N3O2. The molecule has 1 atom stereocenters. The molecule has 1 saturated heterocycles. The van der Waals surface area contributed by atoms with Crippen LogP contribution in [0.1, 0.15) is 24.8 Å². The molecule has 1 amide bonds. The second-order valence-electron chi connectivity index (χ2n) is 5.64. The van der Waals surface area contributed by atoms with Crippen LogP contribution < -0.4 is 5.73 Å². The van der Waals surface area contributed by atoms with Crippen LogP contribution in [-0.2, 0) is 4.79 Å². The summed E-state index contributed by atoms with van der Waals surface area (Å²) in [5.74, 6) is -0.00987. The number of nitrogen functional groups attached to an aromatic ring is 1. The van der Waals surface area contributed by atoms with E-state index in [2.05, 4.69) is 4.90 Å². The van der Waals surface area contributed by atoms with Crippen LogP contribution in [0.4, 0.5) is 5.69 Å². The molecule has 1 fully saturated rings. The molecule has 5 heteroatoms. The molecule has 0 spiro atoms. The Morgan fingerprint density at radius 2 is 2.14 bits per heavy atom. The van der Waals surface area contributed by atoms with Gasteiger partial charge >= 0.3 is 0 Å². The van der Waals surface area contributed by atoms with Crippen LogP contribution in [0, 0.1) is 0 Å². The van der Waals surface area contributed by atoms with E-state index in [0.717, 1.165) is 38.2 Å². The van der Waals surface area contributed by atoms with E-state index in [9.17, 15) is 4.79 Å². The zero-order valence-electron chi connectivity index (χ0n) is 12.7. The number of β-amino-alcohol motifs (C(OH)–C–C–N with tert-alkyl or cyclic N) is 1. The van der Waals surface area contributed by atoms with Gasteiger partial charge in [-0.15, -0.1) is 0 Å². The second-order valence-corrected chi connectivity index (χ2v) is 5.64. The fraction of sp³-hybridized carbons (Fsp3) is 0.562. The average molecular weight is 291 g/mol. The first-order valence-corrected chi connectivity index (χ1v) is 7.59. The number of carbonyl (C=O) groups is 1. The lowest BCUT2D eigenvalue weighted by Crippen LogP contribution is -2.38. The molecular weight excluding hydrogens is 266 g/mol. The molecule has 1 aliphatic heterocycles. The third-order valence-electron chi connectivity index (χ3n) is 4.10. The Kier molecular flexibility index (Phi) is 5.59. The maximum absolute atomic E-state index is 12.6. The summed E-state index contributed by atoms with van der Waals surface area (Å²) in [7, 11) is 0. The van der Waals surface area contributed by atoms with E-state index in [1.54, 1.807) is 0 Å². The van der Waals surface area contributed by atoms with Gasteiger partial charge in [0, 0.05) is 31.9 Å². The van der Waals surface area contributed by atoms with E-state index in [0.29, 0.717) is 12.2 Å². The SMILES string of the molecule is CC(C(=O)N1CCCN(CCO)CC1)c1cccc(N)c1. The lowest BCUT2D eigenvalue weighted by molar-refractivity contribution is -0.132. The molecule has 0 bridgehead atoms. The molecule has 21 heavy (non-hydrogen) atoms. The zero-order chi connectivity index (χ0) is 15.2. The summed E-state index contributed by atoms with van der Waals surface area (Å²) in [5, 5.41) is 9.01. The van der Waals surface area contributed by atoms with Gasteiger partial charge in [0.05, 0.1) is 12.5 Å². The molecule has 3 N–H and O–H groups in total. The van der Waals surface area contributed by atoms with Gasteiger partial charge in [0.15, 0.2) is 0 Å². The molecule has 1 aromatic carbocycles. The van der Waals surface area contributed by atoms with E-state index >= 15 is 0 Å². The van der Waals surface area contributed by atoms with Gasteiger partial charge in [0.2, 0.25) is 5.91 Å². The van der Waals surface area contributed by atoms with Crippen molar-refractivity contribution < 1.29 is 9.90 Å². The predicted octanol–water partition coefficient (Wildman–Crippen LogP) is 0.899. The van der Waals surface area contributed by atoms with Crippen LogP contribution in [0.25, 0.3) is 0 Å². The van der Waals surface area contributed by atoms with Crippen LogP contribution in [0.2, 0.25) is 0 Å². The van der Waals surface area contributed by atoms with Crippen molar-refractivity contribution in [2.45, 2.75) is 19.3 Å². The first kappa shape index (κ1) is 15.8. The average Bonchev–Trinajstić information content (AvgIpc) is 2.72. The van der Waals surface area contributed by atoms with Crippen molar-refractivity contribution in [3.8, 4) is 0 Å². The van der Waals surface area contributed by atoms with Gasteiger partial charge in [-0.1, -0.05) is 12.1 Å². The maximum atomic E-state index is 12.6. The van der Waals surface area contributed by atoms with Crippen molar-refractivity contribution in [2.75, 3.05) is 45.1 Å². The summed E-state index contributed by atoms with van der Waals surface area (Å²) in [5.41, 5.74) is 7.46. The highest BCUT2D eigenvalue weighted by Crippen LogP contribution is 2.21. The molecule has 1 aliphatic rings. The molecule has 1 heterocycles. The van der Waals surface area contributed by atoms with Crippen LogP contribution >= 0.6 is 0 Å². The smallest absolute Gasteiger partial charge is 0.229 e. The Bertz CT molecular complexity index is 478. The van der Waals surface area contributed by atoms with Crippen molar-refractivity contribution >= 4 is 11.6 Å². The largest absolute Gasteiger partial charge is 0.399 e. The van der Waals surface area contributed by atoms with E-state index in [-0.39, 0.29) is 18.4 Å². The van der Waals surface area contributed by atoms with Crippen LogP contribution in [0.5, 0.6) is 0 Å². The van der Waals surface area contributed by atoms with Crippen molar-refractivity contribution in [1.82, 2.24) is 9.80 Å². The quantitative estimate of drug-likeness (QED) is 0.809. The number of amides is 1. The maximum Gasteiger partial charge on any atom is 0.229 e. The molecule has 0 aliphatic carbocycles. The summed E-state index contributed by atoms with van der Waals surface area (Å²) < 4.78 is 0. The number of hydrogen-bond acceptors (Lipinski definition) is 4. The Morgan fingerprint density at radius 3 is 2.86 bits per heavy atom. The fourth-order valence-corrected chi connectivity index (χ4v) is 2.80. The van der Waals surface area contributed by atoms with Gasteiger partial charge in [0.25, 0.3) is 0 Å². The molecule has 0 aromatic heterocycles. The minimum Gasteiger partial charge on any atom is -0.399 e. The summed E-state index contributed by atoms with van der Waals surface area (Å²) in [6, 6.07) is 7.55. The van der Waals surface area contributed by atoms with Crippen LogP contribution in [-0.4, -0.2) is 60.1 Å². The number of rotatable bonds is 4. The number of anilines is 1. The standard InChI is InChI=1S/C16H25N3O2/c1-13(14-4-2-5-15(17)12-14)16(21)19-7-3-6-18(8-9-19)10-11-20/h2,4-5,12-13,20H,3,6-11,17H2,1H3. The number of aliphatic hydroxyl groups excluding tert-OH is 1. The highest BCUT2D eigenvalue weighted by molar-refractivity contribution is 5.83. The minimum absolute atomic E-state index is 0.159. The van der Waals surface area contributed by atoms with Gasteiger partial charge in [0.1, 0.15) is 0 Å². The Morgan fingerprint density at radius 1 is 1.33 bits per heavy atom. The summed E-state index contributed by atoms with van der Waals surface area (Å²) in [6.45, 7) is 6.08. The number of hydrogen-bond donors (Lipinski definition) is 2. The van der Waals surface area contributed by atoms with Crippen molar-refractivity contribution in [1.29, 1.82) is 0 Å². The molecule has 1 aromatic rings. The molecule has 1 unspecified atom stereocenters. The van der Waals surface area contributed by atoms with E-state index in [1.807, 2.05) is 36.1 Å². The second kappa shape index (κ2) is 7.43. The normalized spacial score (nSPS) is 18.3. The summed E-state index contributed by atoms with van der Waals surface area (Å²) in [4.78, 5) is 16.8. The topological polar surface area (TPSA) is 69.8 Å². The van der Waals surface area contributed by atoms with Crippen molar-refractivity contribution in [2.24, 2.45) is 0 Å². The zero-order valence-corrected chi connectivity index (χ0v) is 12.7. The number of nitrogens with two attached hydrogens (primary N) is 1. The highest BCUT2D eigenvalue weighted by atomic mass is 16.3. The monoisotopic (exact) mass is 291 g/mol. The molecule has 2 rings (SSSR count). The van der Waals surface area contributed by atoms with Gasteiger partial charge in [-0.3, -0.25) is 9.69 Å². The highest BCUT2D eigenvalue weighted by Gasteiger charge is 2.24. The number of carbonyl (C=O) groups excluding carboxylic acids is 1. The summed E-state index contributed by atoms with van der Waals surface area (Å²) in [6.07, 6.45) is 0.954. The van der Waals surface area contributed by atoms with Crippen molar-refractivity contribution in [3.05, 3.63) is 29.8 Å². The molecule has 116 valence electrons. The molecule has 0 saturated carbocycles. The number of nitrogens with zero attached hydrogens (tertiary/aromatic N) is 2. The van der Waals surface area contributed by atoms with Gasteiger partial charge in [-0.2, -0.15) is 0 Å². The molecule has 0 radical (unpaired) electrons. The lowest BCUT2D eigenvalue weighted by Gasteiger charge is -2.25. The van der Waals surface area contributed by atoms with Crippen LogP contribution in [0.3, 0.4) is 0 Å². The lowest BCUT2D eigenvalue weighted by atomic mass is 9.99. The predicted molar refractivity (Wildman–Crippen MR) is 84.0 cm³/mol. The summed E-state index contributed by atoms with van der Waals surface area (Å²) >= 11 is 0. The van der Waals surface area contributed by atoms with Crippen LogP contribution in [0.15, 0.2) is 24.3 Å². The number of benzene rings is 1. The third kappa shape index (κ3) is 4.19. The third-order valence-corrected chi connectivity index (χ3v) is 4.10. The van der Waals surface area contributed by atoms with E-state index < -0.39 is 0 Å². The Labute approximate surface area is 126 Å². The van der Waals surface area contributed by atoms with Gasteiger partial charge < -0.3 is 15.7 Å². The fourth-order valence-electron chi connectivity index (χ4n) is 2.80. The van der Waals surface area contributed by atoms with Crippen molar-refractivity contribution in [3.63, 3.8) is 0 Å². The molecule has 5 nitrogen and oxygen atoms in total. The van der Waals surface area contributed by atoms with E-state index in [4.69, 9.17) is 10.8 Å². The first-order chi connectivity index (χ1) is 10.1. The van der Waals surface area contributed by atoms with Gasteiger partial charge in [-0.25, -0.2) is 0 Å². The minimum atomic E-state index is -0.169. The van der Waals surface area contributed by atoms with Gasteiger partial charge in [-0.05, 0) is 37.6 Å². The number of aliphatic hydroxyl groups is 1. The first-order valence-electron chi connectivity index (χ1n) is 7.59. The van der Waals surface area contributed by atoms with E-state index in [1.165, 1.54) is 0 Å². The Hall–Kier alpha value is -1.59.